The first-order chi connectivity index (χ1) is 10.5. The molecule has 22 heavy (non-hydrogen) atoms. The molecule has 0 aliphatic heterocycles. The molecule has 2 aliphatic carbocycles. The standard InChI is InChI=1S/C20H30SSe/c1-19(2)17-10-11-20(19,3)18(14-17)22-13-7-12-21-15-16-8-5-4-6-9-16/h4-6,8-9,17-18H,7,10-15H2,1-3H3/t17-,18-,20+/m1/s1. The molecule has 0 nitrogen and oxygen atoms in total. The van der Waals surface area contributed by atoms with E-state index < -0.39 is 0 Å². The summed E-state index contributed by atoms with van der Waals surface area (Å²) in [5.74, 6) is 3.55. The van der Waals surface area contributed by atoms with Crippen molar-refractivity contribution < 1.29 is 0 Å². The topological polar surface area (TPSA) is 0 Å². The normalized spacial score (nSPS) is 32.5. The Labute approximate surface area is 147 Å². The van der Waals surface area contributed by atoms with Gasteiger partial charge in [-0.2, -0.15) is 0 Å². The average Bonchev–Trinajstić information content (AvgIpc) is 2.85. The molecular weight excluding hydrogens is 351 g/mol. The summed E-state index contributed by atoms with van der Waals surface area (Å²) < 4.78 is 0. The third-order valence-electron chi connectivity index (χ3n) is 6.58. The van der Waals surface area contributed by atoms with Crippen molar-refractivity contribution in [3.05, 3.63) is 35.9 Å². The van der Waals surface area contributed by atoms with Crippen molar-refractivity contribution in [3.63, 3.8) is 0 Å². The molecule has 0 N–H and O–H groups in total. The monoisotopic (exact) mass is 382 g/mol. The van der Waals surface area contributed by atoms with Crippen molar-refractivity contribution in [2.24, 2.45) is 16.7 Å². The van der Waals surface area contributed by atoms with Crippen LogP contribution < -0.4 is 0 Å². The van der Waals surface area contributed by atoms with Crippen LogP contribution in [0.5, 0.6) is 0 Å². The van der Waals surface area contributed by atoms with Crippen molar-refractivity contribution in [1.82, 2.24) is 0 Å². The van der Waals surface area contributed by atoms with Crippen LogP contribution in [0.3, 0.4) is 0 Å². The fourth-order valence-electron chi connectivity index (χ4n) is 4.53. The zero-order chi connectivity index (χ0) is 15.6. The van der Waals surface area contributed by atoms with E-state index in [0.717, 1.165) is 25.7 Å². The summed E-state index contributed by atoms with van der Waals surface area (Å²) in [7, 11) is 0. The van der Waals surface area contributed by atoms with E-state index in [-0.39, 0.29) is 0 Å². The molecule has 3 atom stereocenters. The molecule has 2 aliphatic rings. The summed E-state index contributed by atoms with van der Waals surface area (Å²) in [6.07, 6.45) is 5.97. The number of rotatable bonds is 7. The molecule has 2 fully saturated rings. The van der Waals surface area contributed by atoms with Crippen LogP contribution in [-0.4, -0.2) is 20.7 Å². The Balaban J connectivity index is 1.35. The van der Waals surface area contributed by atoms with E-state index in [1.807, 2.05) is 0 Å². The van der Waals surface area contributed by atoms with Gasteiger partial charge < -0.3 is 0 Å². The molecule has 0 amide bonds. The fraction of sp³-hybridized carbons (Fsp3) is 0.700. The van der Waals surface area contributed by atoms with Gasteiger partial charge in [-0.3, -0.25) is 0 Å². The summed E-state index contributed by atoms with van der Waals surface area (Å²) in [5.41, 5.74) is 2.75. The van der Waals surface area contributed by atoms with Crippen LogP contribution in [0.1, 0.15) is 52.0 Å². The van der Waals surface area contributed by atoms with Crippen LogP contribution in [0.15, 0.2) is 30.3 Å². The van der Waals surface area contributed by atoms with E-state index in [2.05, 4.69) is 62.9 Å². The minimum atomic E-state index is 0.613. The van der Waals surface area contributed by atoms with Gasteiger partial charge in [0.2, 0.25) is 0 Å². The molecule has 0 aromatic heterocycles. The van der Waals surface area contributed by atoms with Crippen molar-refractivity contribution >= 4 is 26.7 Å². The maximum absolute atomic E-state index is 2.61. The van der Waals surface area contributed by atoms with Crippen LogP contribution in [0.25, 0.3) is 0 Å². The van der Waals surface area contributed by atoms with Gasteiger partial charge >= 0.3 is 147 Å². The van der Waals surface area contributed by atoms with Crippen molar-refractivity contribution in [1.29, 1.82) is 0 Å². The second-order valence-electron chi connectivity index (χ2n) is 7.86. The first-order valence-electron chi connectivity index (χ1n) is 8.77. The Morgan fingerprint density at radius 3 is 2.59 bits per heavy atom. The van der Waals surface area contributed by atoms with Gasteiger partial charge in [0.15, 0.2) is 0 Å². The molecule has 2 heteroatoms. The molecule has 0 unspecified atom stereocenters. The Kier molecular flexibility index (Phi) is 5.32. The molecule has 0 heterocycles. The summed E-state index contributed by atoms with van der Waals surface area (Å²) in [6.45, 7) is 7.71. The van der Waals surface area contributed by atoms with Crippen LogP contribution in [-0.2, 0) is 5.75 Å². The molecule has 0 saturated heterocycles. The van der Waals surface area contributed by atoms with E-state index in [9.17, 15) is 0 Å². The van der Waals surface area contributed by atoms with Crippen molar-refractivity contribution in [2.45, 2.75) is 62.3 Å². The quantitative estimate of drug-likeness (QED) is 0.408. The number of hydrogen-bond donors (Lipinski definition) is 0. The Morgan fingerprint density at radius 2 is 1.95 bits per heavy atom. The summed E-state index contributed by atoms with van der Waals surface area (Å²) in [6, 6.07) is 10.9. The third-order valence-corrected chi connectivity index (χ3v) is 11.1. The summed E-state index contributed by atoms with van der Waals surface area (Å²) in [4.78, 5) is 1.06. The van der Waals surface area contributed by atoms with E-state index in [1.54, 1.807) is 6.42 Å². The van der Waals surface area contributed by atoms with E-state index in [0.29, 0.717) is 10.8 Å². The minimum absolute atomic E-state index is 0.613. The van der Waals surface area contributed by atoms with E-state index in [1.165, 1.54) is 41.7 Å². The molecule has 0 spiro atoms. The Bertz CT molecular complexity index is 484. The van der Waals surface area contributed by atoms with E-state index in [4.69, 9.17) is 0 Å². The fourth-order valence-corrected chi connectivity index (χ4v) is 9.55. The van der Waals surface area contributed by atoms with Gasteiger partial charge in [0, 0.05) is 0 Å². The molecular formula is C20H30SSe. The van der Waals surface area contributed by atoms with Gasteiger partial charge in [0.05, 0.1) is 0 Å². The first kappa shape index (κ1) is 16.9. The predicted octanol–water partition coefficient (Wildman–Crippen LogP) is 6.07. The molecule has 0 radical (unpaired) electrons. The molecule has 1 aromatic rings. The second kappa shape index (κ2) is 6.91. The third kappa shape index (κ3) is 3.17. The molecule has 2 bridgehead atoms. The van der Waals surface area contributed by atoms with Gasteiger partial charge in [-0.05, 0) is 0 Å². The number of thioether (sulfide) groups is 1. The predicted molar refractivity (Wildman–Crippen MR) is 101 cm³/mol. The number of benzene rings is 1. The average molecular weight is 381 g/mol. The van der Waals surface area contributed by atoms with Gasteiger partial charge in [-0.1, -0.05) is 0 Å². The summed E-state index contributed by atoms with van der Waals surface area (Å²) in [5, 5.41) is 1.50. The number of hydrogen-bond acceptors (Lipinski definition) is 1. The Morgan fingerprint density at radius 1 is 1.18 bits per heavy atom. The Hall–Kier alpha value is 0.0895. The van der Waals surface area contributed by atoms with Gasteiger partial charge in [0.25, 0.3) is 0 Å². The maximum atomic E-state index is 2.61. The molecule has 1 aromatic carbocycles. The van der Waals surface area contributed by atoms with Crippen LogP contribution in [0.4, 0.5) is 0 Å². The van der Waals surface area contributed by atoms with Gasteiger partial charge in [-0.25, -0.2) is 0 Å². The second-order valence-corrected chi connectivity index (χ2v) is 11.7. The van der Waals surface area contributed by atoms with Gasteiger partial charge in [-0.15, -0.1) is 0 Å². The zero-order valence-corrected chi connectivity index (χ0v) is 16.8. The van der Waals surface area contributed by atoms with Crippen molar-refractivity contribution in [3.8, 4) is 0 Å². The number of fused-ring (bicyclic) bond motifs is 2. The van der Waals surface area contributed by atoms with Crippen LogP contribution in [0.2, 0.25) is 10.1 Å². The van der Waals surface area contributed by atoms with Crippen molar-refractivity contribution in [2.75, 3.05) is 5.75 Å². The zero-order valence-electron chi connectivity index (χ0n) is 14.3. The first-order valence-corrected chi connectivity index (χ1v) is 12.1. The molecule has 122 valence electrons. The summed E-state index contributed by atoms with van der Waals surface area (Å²) >= 11 is 2.98. The van der Waals surface area contributed by atoms with E-state index >= 15 is 0 Å². The van der Waals surface area contributed by atoms with Gasteiger partial charge in [0.1, 0.15) is 0 Å². The van der Waals surface area contributed by atoms with Crippen LogP contribution >= 0.6 is 11.8 Å². The molecule has 3 rings (SSSR count). The van der Waals surface area contributed by atoms with Crippen LogP contribution in [0, 0.1) is 16.7 Å². The SMILES string of the molecule is CC1(C)[C@@H]2CC[C@@]1(C)[C@H]([Se]CCCSCc1ccccc1)C2. The molecule has 2 saturated carbocycles.